The summed E-state index contributed by atoms with van der Waals surface area (Å²) in [4.78, 5) is 2.23. The van der Waals surface area contributed by atoms with Crippen molar-refractivity contribution >= 4 is 0 Å². The van der Waals surface area contributed by atoms with E-state index in [1.54, 1.807) is 14.2 Å². The van der Waals surface area contributed by atoms with Crippen molar-refractivity contribution in [1.82, 2.24) is 4.90 Å². The molecule has 0 atom stereocenters. The van der Waals surface area contributed by atoms with Crippen LogP contribution >= 0.6 is 0 Å². The smallest absolute Gasteiger partial charge is 0.161 e. The number of ether oxygens (including phenoxy) is 2. The summed E-state index contributed by atoms with van der Waals surface area (Å²) in [6.45, 7) is 4.35. The molecule has 0 spiro atoms. The zero-order chi connectivity index (χ0) is 13.2. The van der Waals surface area contributed by atoms with Crippen LogP contribution in [0.25, 0.3) is 0 Å². The molecule has 4 nitrogen and oxygen atoms in total. The highest BCUT2D eigenvalue weighted by Gasteiger charge is 2.38. The number of methoxy groups -OCH3 is 2. The molecule has 2 rings (SSSR count). The molecule has 1 aromatic rings. The standard InChI is InChI=1S/C14H21NO3/c1-4-14(16)9-15(10-14)8-11-5-6-12(17-2)13(7-11)18-3/h5-7,16H,4,8-10H2,1-3H3. The maximum absolute atomic E-state index is 9.96. The second-order valence-electron chi connectivity index (χ2n) is 4.91. The van der Waals surface area contributed by atoms with Crippen LogP contribution in [-0.4, -0.2) is 42.9 Å². The van der Waals surface area contributed by atoms with E-state index in [0.717, 1.165) is 37.6 Å². The van der Waals surface area contributed by atoms with Gasteiger partial charge in [0.25, 0.3) is 0 Å². The van der Waals surface area contributed by atoms with Crippen molar-refractivity contribution in [1.29, 1.82) is 0 Å². The average molecular weight is 251 g/mol. The maximum Gasteiger partial charge on any atom is 0.161 e. The first kappa shape index (κ1) is 13.2. The van der Waals surface area contributed by atoms with E-state index in [0.29, 0.717) is 0 Å². The molecule has 0 bridgehead atoms. The Morgan fingerprint density at radius 1 is 1.22 bits per heavy atom. The van der Waals surface area contributed by atoms with Gasteiger partial charge in [0.05, 0.1) is 19.8 Å². The molecular weight excluding hydrogens is 230 g/mol. The zero-order valence-electron chi connectivity index (χ0n) is 11.3. The van der Waals surface area contributed by atoms with Crippen LogP contribution in [0.2, 0.25) is 0 Å². The summed E-state index contributed by atoms with van der Waals surface area (Å²) in [5, 5.41) is 9.96. The number of β-amino-alcohol motifs (C(OH)–C–C–N with tert-alkyl or cyclic N) is 1. The quantitative estimate of drug-likeness (QED) is 0.864. The lowest BCUT2D eigenvalue weighted by Gasteiger charge is -2.46. The van der Waals surface area contributed by atoms with Crippen LogP contribution in [0.4, 0.5) is 0 Å². The van der Waals surface area contributed by atoms with E-state index >= 15 is 0 Å². The van der Waals surface area contributed by atoms with E-state index in [2.05, 4.69) is 4.90 Å². The monoisotopic (exact) mass is 251 g/mol. The number of hydrogen-bond acceptors (Lipinski definition) is 4. The highest BCUT2D eigenvalue weighted by molar-refractivity contribution is 5.42. The Hall–Kier alpha value is -1.26. The molecule has 0 radical (unpaired) electrons. The number of hydrogen-bond donors (Lipinski definition) is 1. The first-order valence-electron chi connectivity index (χ1n) is 6.26. The molecule has 0 aliphatic carbocycles. The van der Waals surface area contributed by atoms with Gasteiger partial charge >= 0.3 is 0 Å². The van der Waals surface area contributed by atoms with Gasteiger partial charge in [-0.15, -0.1) is 0 Å². The number of rotatable bonds is 5. The van der Waals surface area contributed by atoms with Crippen molar-refractivity contribution in [2.24, 2.45) is 0 Å². The lowest BCUT2D eigenvalue weighted by molar-refractivity contribution is -0.103. The van der Waals surface area contributed by atoms with Gasteiger partial charge in [0.2, 0.25) is 0 Å². The molecule has 1 N–H and O–H groups in total. The van der Waals surface area contributed by atoms with Gasteiger partial charge in [-0.25, -0.2) is 0 Å². The lowest BCUT2D eigenvalue weighted by atomic mass is 9.91. The fraction of sp³-hybridized carbons (Fsp3) is 0.571. The van der Waals surface area contributed by atoms with E-state index in [4.69, 9.17) is 9.47 Å². The molecule has 1 aliphatic rings. The largest absolute Gasteiger partial charge is 0.493 e. The van der Waals surface area contributed by atoms with E-state index in [1.165, 1.54) is 5.56 Å². The molecule has 100 valence electrons. The molecule has 0 saturated carbocycles. The van der Waals surface area contributed by atoms with E-state index in [1.807, 2.05) is 25.1 Å². The predicted molar refractivity (Wildman–Crippen MR) is 70.1 cm³/mol. The first-order chi connectivity index (χ1) is 8.60. The van der Waals surface area contributed by atoms with Crippen LogP contribution < -0.4 is 9.47 Å². The van der Waals surface area contributed by atoms with Crippen LogP contribution in [0.15, 0.2) is 18.2 Å². The van der Waals surface area contributed by atoms with Crippen molar-refractivity contribution < 1.29 is 14.6 Å². The van der Waals surface area contributed by atoms with Crippen molar-refractivity contribution in [3.63, 3.8) is 0 Å². The lowest BCUT2D eigenvalue weighted by Crippen LogP contribution is -2.60. The van der Waals surface area contributed by atoms with Crippen molar-refractivity contribution in [2.75, 3.05) is 27.3 Å². The molecular formula is C14H21NO3. The van der Waals surface area contributed by atoms with Crippen LogP contribution in [0.1, 0.15) is 18.9 Å². The van der Waals surface area contributed by atoms with Gasteiger partial charge in [-0.2, -0.15) is 0 Å². The molecule has 0 amide bonds. The Balaban J connectivity index is 1.99. The summed E-state index contributed by atoms with van der Waals surface area (Å²) in [5.74, 6) is 1.50. The highest BCUT2D eigenvalue weighted by Crippen LogP contribution is 2.30. The fourth-order valence-electron chi connectivity index (χ4n) is 2.36. The molecule has 1 saturated heterocycles. The topological polar surface area (TPSA) is 41.9 Å². The van der Waals surface area contributed by atoms with Crippen LogP contribution in [0, 0.1) is 0 Å². The minimum Gasteiger partial charge on any atom is -0.493 e. The third-order valence-electron chi connectivity index (χ3n) is 3.55. The zero-order valence-corrected chi connectivity index (χ0v) is 11.3. The molecule has 1 aliphatic heterocycles. The Labute approximate surface area is 108 Å². The minimum absolute atomic E-state index is 0.476. The summed E-state index contributed by atoms with van der Waals surface area (Å²) in [7, 11) is 3.27. The molecule has 1 aromatic carbocycles. The first-order valence-corrected chi connectivity index (χ1v) is 6.26. The molecule has 1 heterocycles. The number of benzene rings is 1. The second kappa shape index (κ2) is 5.16. The molecule has 4 heteroatoms. The van der Waals surface area contributed by atoms with Gasteiger partial charge in [-0.05, 0) is 24.1 Å². The fourth-order valence-corrected chi connectivity index (χ4v) is 2.36. The van der Waals surface area contributed by atoms with Gasteiger partial charge in [-0.1, -0.05) is 13.0 Å². The molecule has 0 unspecified atom stereocenters. The van der Waals surface area contributed by atoms with Crippen LogP contribution in [-0.2, 0) is 6.54 Å². The summed E-state index contributed by atoms with van der Waals surface area (Å²) >= 11 is 0. The van der Waals surface area contributed by atoms with Gasteiger partial charge in [0.1, 0.15) is 0 Å². The summed E-state index contributed by atoms with van der Waals surface area (Å²) in [5.41, 5.74) is 0.696. The molecule has 18 heavy (non-hydrogen) atoms. The SMILES string of the molecule is CCC1(O)CN(Cc2ccc(OC)c(OC)c2)C1. The van der Waals surface area contributed by atoms with E-state index < -0.39 is 5.60 Å². The summed E-state index contributed by atoms with van der Waals surface area (Å²) in [6.07, 6.45) is 0.815. The average Bonchev–Trinajstić information content (AvgIpc) is 2.36. The third-order valence-corrected chi connectivity index (χ3v) is 3.55. The second-order valence-corrected chi connectivity index (χ2v) is 4.91. The number of likely N-dealkylation sites (tertiary alicyclic amines) is 1. The van der Waals surface area contributed by atoms with Crippen LogP contribution in [0.3, 0.4) is 0 Å². The van der Waals surface area contributed by atoms with Crippen molar-refractivity contribution in [2.45, 2.75) is 25.5 Å². The number of aliphatic hydroxyl groups is 1. The van der Waals surface area contributed by atoms with Crippen molar-refractivity contribution in [3.05, 3.63) is 23.8 Å². The van der Waals surface area contributed by atoms with E-state index in [9.17, 15) is 5.11 Å². The maximum atomic E-state index is 9.96. The molecule has 0 aromatic heterocycles. The Morgan fingerprint density at radius 3 is 2.44 bits per heavy atom. The number of nitrogens with zero attached hydrogens (tertiary/aromatic N) is 1. The Kier molecular flexibility index (Phi) is 3.78. The predicted octanol–water partition coefficient (Wildman–Crippen LogP) is 1.66. The minimum atomic E-state index is -0.476. The van der Waals surface area contributed by atoms with Gasteiger partial charge in [0, 0.05) is 19.6 Å². The molecule has 1 fully saturated rings. The Bertz CT molecular complexity index is 414. The highest BCUT2D eigenvalue weighted by atomic mass is 16.5. The van der Waals surface area contributed by atoms with Crippen molar-refractivity contribution in [3.8, 4) is 11.5 Å². The Morgan fingerprint density at radius 2 is 1.89 bits per heavy atom. The van der Waals surface area contributed by atoms with Gasteiger partial charge < -0.3 is 14.6 Å². The summed E-state index contributed by atoms with van der Waals surface area (Å²) < 4.78 is 10.5. The van der Waals surface area contributed by atoms with E-state index in [-0.39, 0.29) is 0 Å². The summed E-state index contributed by atoms with van der Waals surface area (Å²) in [6, 6.07) is 5.94. The third kappa shape index (κ3) is 2.60. The normalized spacial score (nSPS) is 18.2. The van der Waals surface area contributed by atoms with Gasteiger partial charge in [0.15, 0.2) is 11.5 Å². The van der Waals surface area contributed by atoms with Gasteiger partial charge in [-0.3, -0.25) is 4.90 Å². The van der Waals surface area contributed by atoms with Crippen LogP contribution in [0.5, 0.6) is 11.5 Å².